The number of aryl methyl sites for hydroxylation is 2. The maximum absolute atomic E-state index is 13.8. The molecule has 1 heterocycles. The second kappa shape index (κ2) is 9.33. The van der Waals surface area contributed by atoms with E-state index in [2.05, 4.69) is 11.0 Å². The largest absolute Gasteiger partial charge is 0.341 e. The van der Waals surface area contributed by atoms with Crippen LogP contribution in [-0.2, 0) is 6.42 Å². The van der Waals surface area contributed by atoms with E-state index >= 15 is 0 Å². The third-order valence-electron chi connectivity index (χ3n) is 5.75. The van der Waals surface area contributed by atoms with Gasteiger partial charge in [-0.1, -0.05) is 35.9 Å². The Morgan fingerprint density at radius 2 is 2.00 bits per heavy atom. The summed E-state index contributed by atoms with van der Waals surface area (Å²) in [5.41, 5.74) is 3.79. The number of piperidine rings is 1. The van der Waals surface area contributed by atoms with Crippen LogP contribution in [0.15, 0.2) is 42.5 Å². The highest BCUT2D eigenvalue weighted by Gasteiger charge is 2.23. The Bertz CT molecular complexity index is 820. The maximum Gasteiger partial charge on any atom is 0.253 e. The lowest BCUT2D eigenvalue weighted by Crippen LogP contribution is -2.42. The Morgan fingerprint density at radius 1 is 1.21 bits per heavy atom. The molecule has 0 spiro atoms. The molecule has 0 saturated carbocycles. The number of halogens is 1. The molecule has 1 aliphatic heterocycles. The van der Waals surface area contributed by atoms with Gasteiger partial charge in [-0.15, -0.1) is 0 Å². The van der Waals surface area contributed by atoms with Gasteiger partial charge in [-0.3, -0.25) is 4.79 Å². The third-order valence-corrected chi connectivity index (χ3v) is 5.75. The van der Waals surface area contributed by atoms with Crippen molar-refractivity contribution in [2.45, 2.75) is 33.1 Å². The fourth-order valence-corrected chi connectivity index (χ4v) is 4.21. The summed E-state index contributed by atoms with van der Waals surface area (Å²) in [6, 6.07) is 13.0. The number of carbonyl (C=O) groups is 1. The van der Waals surface area contributed by atoms with Gasteiger partial charge < -0.3 is 9.80 Å². The molecular formula is C24H31FN2O. The third kappa shape index (κ3) is 5.20. The number of likely N-dealkylation sites (tertiary alicyclic amines) is 1. The normalized spacial score (nSPS) is 17.5. The highest BCUT2D eigenvalue weighted by atomic mass is 19.1. The number of carbonyl (C=O) groups excluding carboxylic acids is 1. The van der Waals surface area contributed by atoms with E-state index in [0.717, 1.165) is 62.1 Å². The van der Waals surface area contributed by atoms with Gasteiger partial charge in [0.15, 0.2) is 0 Å². The zero-order chi connectivity index (χ0) is 20.1. The van der Waals surface area contributed by atoms with Crippen LogP contribution < -0.4 is 0 Å². The van der Waals surface area contributed by atoms with Crippen molar-refractivity contribution in [3.8, 4) is 0 Å². The number of hydrogen-bond acceptors (Lipinski definition) is 2. The molecule has 1 amide bonds. The van der Waals surface area contributed by atoms with Crippen molar-refractivity contribution in [3.63, 3.8) is 0 Å². The number of hydrogen-bond donors (Lipinski definition) is 0. The van der Waals surface area contributed by atoms with Gasteiger partial charge in [-0.05, 0) is 68.8 Å². The van der Waals surface area contributed by atoms with E-state index in [0.29, 0.717) is 5.92 Å². The molecule has 1 saturated heterocycles. The standard InChI is InChI=1S/C24H31FN2O/c1-18-10-11-22(19(2)15-18)24(28)26(3)16-20-7-6-13-27(17-20)14-12-21-8-4-5-9-23(21)25/h4-5,8-11,15,20H,6-7,12-14,16-17H2,1-3H3. The van der Waals surface area contributed by atoms with Gasteiger partial charge in [0.25, 0.3) is 5.91 Å². The molecule has 3 nitrogen and oxygen atoms in total. The Morgan fingerprint density at radius 3 is 2.75 bits per heavy atom. The van der Waals surface area contributed by atoms with Gasteiger partial charge in [-0.25, -0.2) is 4.39 Å². The topological polar surface area (TPSA) is 23.6 Å². The zero-order valence-corrected chi connectivity index (χ0v) is 17.2. The van der Waals surface area contributed by atoms with Crippen molar-refractivity contribution < 1.29 is 9.18 Å². The molecule has 1 atom stereocenters. The summed E-state index contributed by atoms with van der Waals surface area (Å²) < 4.78 is 13.8. The number of benzene rings is 2. The number of amides is 1. The summed E-state index contributed by atoms with van der Waals surface area (Å²) in [6.45, 7) is 7.70. The molecule has 1 aliphatic rings. The molecular weight excluding hydrogens is 351 g/mol. The van der Waals surface area contributed by atoms with Crippen LogP contribution in [-0.4, -0.2) is 48.9 Å². The molecule has 3 rings (SSSR count). The Labute approximate surface area is 168 Å². The molecule has 1 fully saturated rings. The quantitative estimate of drug-likeness (QED) is 0.736. The van der Waals surface area contributed by atoms with Crippen molar-refractivity contribution in [1.29, 1.82) is 0 Å². The first-order chi connectivity index (χ1) is 13.4. The average molecular weight is 383 g/mol. The van der Waals surface area contributed by atoms with Crippen molar-refractivity contribution in [2.75, 3.05) is 33.2 Å². The van der Waals surface area contributed by atoms with Gasteiger partial charge in [0, 0.05) is 32.2 Å². The molecule has 4 heteroatoms. The van der Waals surface area contributed by atoms with Crippen LogP contribution in [0.25, 0.3) is 0 Å². The lowest BCUT2D eigenvalue weighted by Gasteiger charge is -2.35. The van der Waals surface area contributed by atoms with Crippen LogP contribution in [0.3, 0.4) is 0 Å². The lowest BCUT2D eigenvalue weighted by molar-refractivity contribution is 0.0729. The van der Waals surface area contributed by atoms with Gasteiger partial charge >= 0.3 is 0 Å². The molecule has 1 unspecified atom stereocenters. The van der Waals surface area contributed by atoms with Crippen molar-refractivity contribution in [2.24, 2.45) is 5.92 Å². The van der Waals surface area contributed by atoms with E-state index in [-0.39, 0.29) is 11.7 Å². The van der Waals surface area contributed by atoms with Gasteiger partial charge in [0.05, 0.1) is 0 Å². The van der Waals surface area contributed by atoms with E-state index in [1.807, 2.05) is 50.1 Å². The second-order valence-electron chi connectivity index (χ2n) is 8.15. The van der Waals surface area contributed by atoms with Crippen LogP contribution in [0.5, 0.6) is 0 Å². The van der Waals surface area contributed by atoms with Crippen LogP contribution in [0.1, 0.15) is 39.9 Å². The molecule has 2 aromatic carbocycles. The van der Waals surface area contributed by atoms with Gasteiger partial charge in [-0.2, -0.15) is 0 Å². The van der Waals surface area contributed by atoms with Crippen LogP contribution in [0, 0.1) is 25.6 Å². The maximum atomic E-state index is 13.8. The Kier molecular flexibility index (Phi) is 6.84. The fourth-order valence-electron chi connectivity index (χ4n) is 4.21. The molecule has 150 valence electrons. The van der Waals surface area contributed by atoms with Crippen molar-refractivity contribution in [3.05, 3.63) is 70.5 Å². The predicted octanol–water partition coefficient (Wildman–Crippen LogP) is 4.47. The summed E-state index contributed by atoms with van der Waals surface area (Å²) in [4.78, 5) is 17.1. The summed E-state index contributed by atoms with van der Waals surface area (Å²) in [7, 11) is 1.90. The first-order valence-corrected chi connectivity index (χ1v) is 10.2. The fraction of sp³-hybridized carbons (Fsp3) is 0.458. The molecule has 0 aromatic heterocycles. The minimum atomic E-state index is -0.116. The summed E-state index contributed by atoms with van der Waals surface area (Å²) in [6.07, 6.45) is 3.00. The average Bonchev–Trinajstić information content (AvgIpc) is 2.67. The Balaban J connectivity index is 1.54. The van der Waals surface area contributed by atoms with E-state index in [4.69, 9.17) is 0 Å². The first-order valence-electron chi connectivity index (χ1n) is 10.2. The monoisotopic (exact) mass is 382 g/mol. The lowest BCUT2D eigenvalue weighted by atomic mass is 9.96. The number of nitrogens with zero attached hydrogens (tertiary/aromatic N) is 2. The summed E-state index contributed by atoms with van der Waals surface area (Å²) >= 11 is 0. The first kappa shape index (κ1) is 20.5. The summed E-state index contributed by atoms with van der Waals surface area (Å²) in [5.74, 6) is 0.449. The van der Waals surface area contributed by atoms with Crippen LogP contribution in [0.2, 0.25) is 0 Å². The van der Waals surface area contributed by atoms with E-state index in [1.165, 1.54) is 11.6 Å². The minimum absolute atomic E-state index is 0.0981. The predicted molar refractivity (Wildman–Crippen MR) is 112 cm³/mol. The molecule has 0 aliphatic carbocycles. The number of rotatable bonds is 6. The highest BCUT2D eigenvalue weighted by molar-refractivity contribution is 5.95. The second-order valence-corrected chi connectivity index (χ2v) is 8.15. The minimum Gasteiger partial charge on any atom is -0.341 e. The Hall–Kier alpha value is -2.20. The van der Waals surface area contributed by atoms with Crippen LogP contribution >= 0.6 is 0 Å². The van der Waals surface area contributed by atoms with Gasteiger partial charge in [0.2, 0.25) is 0 Å². The van der Waals surface area contributed by atoms with Gasteiger partial charge in [0.1, 0.15) is 5.82 Å². The summed E-state index contributed by atoms with van der Waals surface area (Å²) in [5, 5.41) is 0. The van der Waals surface area contributed by atoms with E-state index in [9.17, 15) is 9.18 Å². The smallest absolute Gasteiger partial charge is 0.253 e. The van der Waals surface area contributed by atoms with Crippen molar-refractivity contribution in [1.82, 2.24) is 9.80 Å². The molecule has 0 N–H and O–H groups in total. The molecule has 28 heavy (non-hydrogen) atoms. The van der Waals surface area contributed by atoms with Crippen molar-refractivity contribution >= 4 is 5.91 Å². The SMILES string of the molecule is Cc1ccc(C(=O)N(C)CC2CCCN(CCc3ccccc3F)C2)c(C)c1. The van der Waals surface area contributed by atoms with E-state index < -0.39 is 0 Å². The zero-order valence-electron chi connectivity index (χ0n) is 17.2. The molecule has 0 bridgehead atoms. The van der Waals surface area contributed by atoms with Crippen LogP contribution in [0.4, 0.5) is 4.39 Å². The molecule has 0 radical (unpaired) electrons. The molecule has 2 aromatic rings. The highest BCUT2D eigenvalue weighted by Crippen LogP contribution is 2.20. The van der Waals surface area contributed by atoms with E-state index in [1.54, 1.807) is 6.07 Å².